The van der Waals surface area contributed by atoms with Crippen molar-refractivity contribution in [3.63, 3.8) is 0 Å². The van der Waals surface area contributed by atoms with Gasteiger partial charge in [0.2, 0.25) is 0 Å². The highest BCUT2D eigenvalue weighted by molar-refractivity contribution is 6.01. The molecule has 2 amide bonds. The summed E-state index contributed by atoms with van der Waals surface area (Å²) in [5.74, 6) is 2.32. The van der Waals surface area contributed by atoms with Gasteiger partial charge in [0.15, 0.2) is 5.82 Å². The van der Waals surface area contributed by atoms with E-state index < -0.39 is 0 Å². The molecular formula is C35H36N8O3. The fourth-order valence-corrected chi connectivity index (χ4v) is 7.93. The largest absolute Gasteiger partial charge is 0.494 e. The zero-order chi connectivity index (χ0) is 31.1. The summed E-state index contributed by atoms with van der Waals surface area (Å²) in [5, 5.41) is 1.06. The van der Waals surface area contributed by atoms with E-state index in [0.29, 0.717) is 53.9 Å². The second-order valence-corrected chi connectivity index (χ2v) is 13.4. The van der Waals surface area contributed by atoms with E-state index in [9.17, 15) is 9.59 Å². The molecule has 1 aromatic carbocycles. The summed E-state index contributed by atoms with van der Waals surface area (Å²) < 4.78 is 10.5. The van der Waals surface area contributed by atoms with Crippen molar-refractivity contribution < 1.29 is 14.3 Å². The first-order valence-corrected chi connectivity index (χ1v) is 16.3. The van der Waals surface area contributed by atoms with Gasteiger partial charge in [-0.05, 0) is 80.0 Å². The first-order valence-electron chi connectivity index (χ1n) is 16.3. The van der Waals surface area contributed by atoms with E-state index in [0.717, 1.165) is 47.5 Å². The zero-order valence-corrected chi connectivity index (χ0v) is 25.7. The highest BCUT2D eigenvalue weighted by Gasteiger charge is 2.47. The van der Waals surface area contributed by atoms with Crippen molar-refractivity contribution >= 4 is 33.9 Å². The molecule has 2 bridgehead atoms. The van der Waals surface area contributed by atoms with Gasteiger partial charge < -0.3 is 29.4 Å². The summed E-state index contributed by atoms with van der Waals surface area (Å²) in [4.78, 5) is 45.1. The van der Waals surface area contributed by atoms with Crippen LogP contribution in [0.4, 0.5) is 0 Å². The quantitative estimate of drug-likeness (QED) is 0.292. The van der Waals surface area contributed by atoms with Crippen LogP contribution in [0.15, 0.2) is 61.1 Å². The number of hydrogen-bond acceptors (Lipinski definition) is 7. The summed E-state index contributed by atoms with van der Waals surface area (Å²) in [6, 6.07) is 13.6. The number of carbonyl (C=O) groups excluding carboxylic acids is 2. The van der Waals surface area contributed by atoms with Crippen LogP contribution in [0.1, 0.15) is 52.4 Å². The average Bonchev–Trinajstić information content (AvgIpc) is 3.41. The van der Waals surface area contributed by atoms with Gasteiger partial charge in [-0.25, -0.2) is 9.97 Å². The minimum absolute atomic E-state index is 0.0189. The average molecular weight is 617 g/mol. The van der Waals surface area contributed by atoms with E-state index >= 15 is 0 Å². The molecule has 4 fully saturated rings. The van der Waals surface area contributed by atoms with Crippen molar-refractivity contribution in [1.82, 2.24) is 33.9 Å². The van der Waals surface area contributed by atoms with E-state index in [2.05, 4.69) is 26.3 Å². The first-order chi connectivity index (χ1) is 22.5. The molecule has 0 spiro atoms. The molecule has 11 nitrogen and oxygen atoms in total. The van der Waals surface area contributed by atoms with Gasteiger partial charge in [0, 0.05) is 73.4 Å². The third-order valence-electron chi connectivity index (χ3n) is 10.6. The van der Waals surface area contributed by atoms with Gasteiger partial charge in [-0.15, -0.1) is 0 Å². The molecular weight excluding hydrogens is 580 g/mol. The molecule has 0 radical (unpaired) electrons. The molecule has 2 unspecified atom stereocenters. The third kappa shape index (κ3) is 4.24. The lowest BCUT2D eigenvalue weighted by Gasteiger charge is -2.41. The number of piperidine rings is 1. The Balaban J connectivity index is 1.17. The van der Waals surface area contributed by atoms with Gasteiger partial charge in [0.25, 0.3) is 11.8 Å². The van der Waals surface area contributed by atoms with Crippen molar-refractivity contribution in [1.29, 1.82) is 0 Å². The Morgan fingerprint density at radius 3 is 2.50 bits per heavy atom. The Hall–Kier alpha value is -4.77. The number of methoxy groups -OCH3 is 1. The number of amides is 2. The van der Waals surface area contributed by atoms with E-state index in [1.54, 1.807) is 31.6 Å². The number of nitrogens with two attached hydrogens (primary N) is 1. The number of likely N-dealkylation sites (tertiary alicyclic amines) is 2. The molecule has 234 valence electrons. The van der Waals surface area contributed by atoms with Crippen molar-refractivity contribution in [2.45, 2.75) is 50.4 Å². The molecule has 3 atom stereocenters. The number of fused-ring (bicyclic) bond motifs is 4. The maximum atomic E-state index is 13.9. The standard InChI is InChI=1S/C35H36N8O3/c1-46-29-15-24(35(45)42-17-23-6-7-27(42)30(23)36)13-26-31(29)43(25-18-40(19-25)34(44)21-8-11-37-12-9-21)33(39-26)28-14-22-3-2-10-38-32(22)41(28)16-20-4-5-20/h2-3,8-15,20,23,25,27,30H,4-7,16-19,36H2,1H3/t23?,27?,30-/m1/s1. The Bertz CT molecular complexity index is 2010. The summed E-state index contributed by atoms with van der Waals surface area (Å²) in [6.07, 6.45) is 9.57. The van der Waals surface area contributed by atoms with Crippen LogP contribution >= 0.6 is 0 Å². The normalized spacial score (nSPS) is 22.6. The van der Waals surface area contributed by atoms with Crippen LogP contribution in [-0.2, 0) is 6.54 Å². The minimum Gasteiger partial charge on any atom is -0.494 e. The smallest absolute Gasteiger partial charge is 0.254 e. The number of imidazole rings is 1. The predicted molar refractivity (Wildman–Crippen MR) is 172 cm³/mol. The van der Waals surface area contributed by atoms with Crippen LogP contribution in [0.25, 0.3) is 33.6 Å². The molecule has 2 aliphatic heterocycles. The number of aromatic nitrogens is 5. The lowest BCUT2D eigenvalue weighted by atomic mass is 10.0. The molecule has 46 heavy (non-hydrogen) atoms. The maximum absolute atomic E-state index is 13.9. The van der Waals surface area contributed by atoms with Gasteiger partial charge in [-0.2, -0.15) is 0 Å². The first kappa shape index (κ1) is 27.5. The lowest BCUT2D eigenvalue weighted by Crippen LogP contribution is -2.50. The van der Waals surface area contributed by atoms with Crippen LogP contribution < -0.4 is 10.5 Å². The second-order valence-electron chi connectivity index (χ2n) is 13.4. The molecule has 6 heterocycles. The monoisotopic (exact) mass is 616 g/mol. The fourth-order valence-electron chi connectivity index (χ4n) is 7.93. The van der Waals surface area contributed by atoms with Crippen LogP contribution in [0.2, 0.25) is 0 Å². The number of pyridine rings is 2. The molecule has 11 heteroatoms. The van der Waals surface area contributed by atoms with Gasteiger partial charge >= 0.3 is 0 Å². The van der Waals surface area contributed by atoms with Crippen LogP contribution in [0.3, 0.4) is 0 Å². The van der Waals surface area contributed by atoms with Crippen LogP contribution in [-0.4, -0.2) is 84.5 Å². The molecule has 2 aliphatic carbocycles. The molecule has 5 aromatic rings. The minimum atomic E-state index is -0.0334. The van der Waals surface area contributed by atoms with Crippen molar-refractivity contribution in [3.8, 4) is 17.3 Å². The van der Waals surface area contributed by atoms with E-state index in [1.165, 1.54) is 12.8 Å². The molecule has 2 saturated heterocycles. The zero-order valence-electron chi connectivity index (χ0n) is 25.7. The Morgan fingerprint density at radius 2 is 1.78 bits per heavy atom. The number of benzene rings is 1. The molecule has 2 saturated carbocycles. The molecule has 2 N–H and O–H groups in total. The number of rotatable bonds is 7. The van der Waals surface area contributed by atoms with E-state index in [4.69, 9.17) is 20.4 Å². The second kappa shape index (κ2) is 10.4. The fraction of sp³-hybridized carbons (Fsp3) is 0.400. The molecule has 4 aromatic heterocycles. The maximum Gasteiger partial charge on any atom is 0.254 e. The predicted octanol–water partition coefficient (Wildman–Crippen LogP) is 4.13. The highest BCUT2D eigenvalue weighted by Crippen LogP contribution is 2.42. The third-order valence-corrected chi connectivity index (χ3v) is 10.6. The Labute approximate surface area is 266 Å². The Kier molecular flexibility index (Phi) is 6.21. The van der Waals surface area contributed by atoms with Crippen molar-refractivity contribution in [2.24, 2.45) is 17.6 Å². The van der Waals surface area contributed by atoms with Gasteiger partial charge in [-0.3, -0.25) is 14.6 Å². The summed E-state index contributed by atoms with van der Waals surface area (Å²) in [5.41, 5.74) is 11.1. The topological polar surface area (TPSA) is 124 Å². The number of hydrogen-bond donors (Lipinski definition) is 1. The van der Waals surface area contributed by atoms with Gasteiger partial charge in [0.05, 0.1) is 24.4 Å². The van der Waals surface area contributed by atoms with Crippen LogP contribution in [0.5, 0.6) is 5.75 Å². The van der Waals surface area contributed by atoms with Crippen LogP contribution in [0, 0.1) is 11.8 Å². The summed E-state index contributed by atoms with van der Waals surface area (Å²) in [6.45, 7) is 2.62. The molecule has 9 rings (SSSR count). The Morgan fingerprint density at radius 1 is 0.957 bits per heavy atom. The van der Waals surface area contributed by atoms with E-state index in [1.807, 2.05) is 34.2 Å². The SMILES string of the molecule is COc1cc(C(=O)N2CC3CCC2[C@@H]3N)cc2nc(-c3cc4cccnc4n3CC3CC3)n(C3CN(C(=O)c4ccncc4)C3)c12. The van der Waals surface area contributed by atoms with Crippen molar-refractivity contribution in [3.05, 3.63) is 72.2 Å². The number of nitrogens with zero attached hydrogens (tertiary/aromatic N) is 7. The number of ether oxygens (including phenoxy) is 1. The highest BCUT2D eigenvalue weighted by atomic mass is 16.5. The molecule has 4 aliphatic rings. The summed E-state index contributed by atoms with van der Waals surface area (Å²) >= 11 is 0. The van der Waals surface area contributed by atoms with E-state index in [-0.39, 0.29) is 29.9 Å². The lowest BCUT2D eigenvalue weighted by molar-refractivity contribution is 0.0527. The van der Waals surface area contributed by atoms with Crippen molar-refractivity contribution in [2.75, 3.05) is 26.7 Å². The number of carbonyl (C=O) groups is 2. The summed E-state index contributed by atoms with van der Waals surface area (Å²) in [7, 11) is 1.64. The van der Waals surface area contributed by atoms with Gasteiger partial charge in [0.1, 0.15) is 16.9 Å². The van der Waals surface area contributed by atoms with Gasteiger partial charge in [-0.1, -0.05) is 0 Å².